The quantitative estimate of drug-likeness (QED) is 0.714. The molecule has 1 rings (SSSR count). The Hall–Kier alpha value is -2.11. The van der Waals surface area contributed by atoms with Crippen molar-refractivity contribution in [3.8, 4) is 0 Å². The lowest BCUT2D eigenvalue weighted by Gasteiger charge is -1.99. The fourth-order valence-corrected chi connectivity index (χ4v) is 1.43. The smallest absolute Gasteiger partial charge is 0.338 e. The highest BCUT2D eigenvalue weighted by atomic mass is 16.4. The molecule has 1 aromatic rings. The van der Waals surface area contributed by atoms with Crippen LogP contribution >= 0.6 is 0 Å². The van der Waals surface area contributed by atoms with Gasteiger partial charge in [-0.2, -0.15) is 0 Å². The molecule has 1 aromatic heterocycles. The van der Waals surface area contributed by atoms with Crippen LogP contribution < -0.4 is 0 Å². The molecule has 0 unspecified atom stereocenters. The maximum atomic E-state index is 11.2. The third kappa shape index (κ3) is 1.74. The molecule has 6 nitrogen and oxygen atoms in total. The van der Waals surface area contributed by atoms with Crippen LogP contribution in [-0.2, 0) is 7.05 Å². The summed E-state index contributed by atoms with van der Waals surface area (Å²) in [6.07, 6.45) is 1.11. The van der Waals surface area contributed by atoms with E-state index in [4.69, 9.17) is 10.2 Å². The van der Waals surface area contributed by atoms with Crippen LogP contribution in [0.3, 0.4) is 0 Å². The third-order valence-corrected chi connectivity index (χ3v) is 1.96. The van der Waals surface area contributed by atoms with E-state index >= 15 is 0 Å². The van der Waals surface area contributed by atoms with Crippen molar-refractivity contribution in [1.82, 2.24) is 4.57 Å². The minimum atomic E-state index is -1.42. The van der Waals surface area contributed by atoms with Crippen molar-refractivity contribution < 1.29 is 24.6 Å². The second-order valence-corrected chi connectivity index (χ2v) is 3.04. The SMILES string of the molecule is CC(=O)c1c(C(=O)O)c(C(=O)O)cn1C. The molecule has 2 N–H and O–H groups in total. The minimum Gasteiger partial charge on any atom is -0.478 e. The van der Waals surface area contributed by atoms with E-state index in [1.165, 1.54) is 18.5 Å². The topological polar surface area (TPSA) is 96.6 Å². The molecular weight excluding hydrogens is 202 g/mol. The number of carbonyl (C=O) groups is 3. The van der Waals surface area contributed by atoms with Crippen LogP contribution in [0.5, 0.6) is 0 Å². The summed E-state index contributed by atoms with van der Waals surface area (Å²) in [4.78, 5) is 32.7. The average molecular weight is 211 g/mol. The van der Waals surface area contributed by atoms with Gasteiger partial charge in [-0.3, -0.25) is 4.79 Å². The lowest BCUT2D eigenvalue weighted by Crippen LogP contribution is -2.11. The molecule has 6 heteroatoms. The molecule has 0 aliphatic rings. The molecule has 0 saturated carbocycles. The number of aromatic carboxylic acids is 2. The van der Waals surface area contributed by atoms with Crippen LogP contribution in [0.1, 0.15) is 38.1 Å². The molecule has 15 heavy (non-hydrogen) atoms. The number of hydrogen-bond acceptors (Lipinski definition) is 3. The number of aromatic nitrogens is 1. The maximum absolute atomic E-state index is 11.2. The van der Waals surface area contributed by atoms with Crippen molar-refractivity contribution in [2.75, 3.05) is 0 Å². The fraction of sp³-hybridized carbons (Fsp3) is 0.222. The van der Waals surface area contributed by atoms with E-state index in [1.807, 2.05) is 0 Å². The van der Waals surface area contributed by atoms with Gasteiger partial charge < -0.3 is 14.8 Å². The van der Waals surface area contributed by atoms with Gasteiger partial charge in [-0.05, 0) is 0 Å². The van der Waals surface area contributed by atoms with Crippen molar-refractivity contribution in [3.05, 3.63) is 23.0 Å². The van der Waals surface area contributed by atoms with Crippen molar-refractivity contribution in [2.45, 2.75) is 6.92 Å². The number of carboxylic acids is 2. The fourth-order valence-electron chi connectivity index (χ4n) is 1.43. The van der Waals surface area contributed by atoms with Gasteiger partial charge in [0.05, 0.1) is 11.3 Å². The molecule has 0 radical (unpaired) electrons. The highest BCUT2D eigenvalue weighted by Gasteiger charge is 2.26. The zero-order valence-corrected chi connectivity index (χ0v) is 8.14. The summed E-state index contributed by atoms with van der Waals surface area (Å²) in [6.45, 7) is 1.19. The number of carbonyl (C=O) groups excluding carboxylic acids is 1. The molecule has 0 saturated heterocycles. The second-order valence-electron chi connectivity index (χ2n) is 3.04. The van der Waals surface area contributed by atoms with Crippen molar-refractivity contribution in [3.63, 3.8) is 0 Å². The van der Waals surface area contributed by atoms with Gasteiger partial charge in [0, 0.05) is 20.2 Å². The van der Waals surface area contributed by atoms with Gasteiger partial charge in [-0.1, -0.05) is 0 Å². The number of hydrogen-bond donors (Lipinski definition) is 2. The van der Waals surface area contributed by atoms with Crippen molar-refractivity contribution in [2.24, 2.45) is 7.05 Å². The first kappa shape index (κ1) is 11.0. The first-order chi connectivity index (χ1) is 6.86. The average Bonchev–Trinajstić information content (AvgIpc) is 2.42. The van der Waals surface area contributed by atoms with E-state index in [9.17, 15) is 14.4 Å². The molecule has 0 amide bonds. The van der Waals surface area contributed by atoms with Gasteiger partial charge in [0.2, 0.25) is 0 Å². The molecule has 0 atom stereocenters. The van der Waals surface area contributed by atoms with Gasteiger partial charge in [-0.25, -0.2) is 9.59 Å². The zero-order valence-electron chi connectivity index (χ0n) is 8.14. The second kappa shape index (κ2) is 3.56. The van der Waals surface area contributed by atoms with E-state index in [1.54, 1.807) is 0 Å². The van der Waals surface area contributed by atoms with Gasteiger partial charge in [0.25, 0.3) is 0 Å². The van der Waals surface area contributed by atoms with Crippen LogP contribution in [0.25, 0.3) is 0 Å². The van der Waals surface area contributed by atoms with E-state index in [0.29, 0.717) is 0 Å². The maximum Gasteiger partial charge on any atom is 0.338 e. The normalized spacial score (nSPS) is 10.0. The summed E-state index contributed by atoms with van der Waals surface area (Å²) in [7, 11) is 1.43. The predicted molar refractivity (Wildman–Crippen MR) is 49.3 cm³/mol. The Labute approximate surface area is 84.7 Å². The third-order valence-electron chi connectivity index (χ3n) is 1.96. The summed E-state index contributed by atoms with van der Waals surface area (Å²) < 4.78 is 1.20. The van der Waals surface area contributed by atoms with Crippen molar-refractivity contribution >= 4 is 17.7 Å². The Balaban J connectivity index is 3.59. The summed E-state index contributed by atoms with van der Waals surface area (Å²) in [5.41, 5.74) is -0.951. The van der Waals surface area contributed by atoms with Crippen LogP contribution in [0, 0.1) is 0 Å². The van der Waals surface area contributed by atoms with Crippen LogP contribution in [0.2, 0.25) is 0 Å². The summed E-state index contributed by atoms with van der Waals surface area (Å²) in [5, 5.41) is 17.6. The Morgan fingerprint density at radius 1 is 1.20 bits per heavy atom. The number of ketones is 1. The number of nitrogens with zero attached hydrogens (tertiary/aromatic N) is 1. The van der Waals surface area contributed by atoms with E-state index < -0.39 is 23.3 Å². The monoisotopic (exact) mass is 211 g/mol. The molecule has 0 bridgehead atoms. The molecule has 1 heterocycles. The molecule has 0 fully saturated rings. The molecule has 0 spiro atoms. The number of Topliss-reactive ketones (excluding diaryl/α,β-unsaturated/α-hetero) is 1. The van der Waals surface area contributed by atoms with Crippen LogP contribution in [0.15, 0.2) is 6.20 Å². The Kier molecular flexibility index (Phi) is 2.61. The lowest BCUT2D eigenvalue weighted by atomic mass is 10.1. The predicted octanol–water partition coefficient (Wildman–Crippen LogP) is 0.624. The molecule has 0 aliphatic carbocycles. The Bertz CT molecular complexity index is 457. The Morgan fingerprint density at radius 2 is 1.73 bits per heavy atom. The molecule has 0 aliphatic heterocycles. The summed E-state index contributed by atoms with van der Waals surface area (Å²) in [6, 6.07) is 0. The van der Waals surface area contributed by atoms with Gasteiger partial charge in [0.1, 0.15) is 5.56 Å². The van der Waals surface area contributed by atoms with E-state index in [2.05, 4.69) is 0 Å². The standard InChI is InChI=1S/C9H9NO5/c1-4(11)7-6(9(14)15)5(8(12)13)3-10(7)2/h3H,1-2H3,(H,12,13)(H,14,15). The van der Waals surface area contributed by atoms with E-state index in [0.717, 1.165) is 6.20 Å². The first-order valence-corrected chi connectivity index (χ1v) is 4.03. The zero-order chi connectivity index (χ0) is 11.7. The van der Waals surface area contributed by atoms with Gasteiger partial charge in [0.15, 0.2) is 5.78 Å². The van der Waals surface area contributed by atoms with E-state index in [-0.39, 0.29) is 11.3 Å². The minimum absolute atomic E-state index is 0.111. The highest BCUT2D eigenvalue weighted by Crippen LogP contribution is 2.17. The molecule has 0 aromatic carbocycles. The summed E-state index contributed by atoms with van der Waals surface area (Å²) >= 11 is 0. The van der Waals surface area contributed by atoms with Crippen LogP contribution in [-0.4, -0.2) is 32.5 Å². The van der Waals surface area contributed by atoms with Gasteiger partial charge in [-0.15, -0.1) is 0 Å². The number of carboxylic acid groups (broad SMARTS) is 2. The largest absolute Gasteiger partial charge is 0.478 e. The van der Waals surface area contributed by atoms with Crippen LogP contribution in [0.4, 0.5) is 0 Å². The first-order valence-electron chi connectivity index (χ1n) is 4.03. The lowest BCUT2D eigenvalue weighted by molar-refractivity contribution is 0.0651. The highest BCUT2D eigenvalue weighted by molar-refractivity contribution is 6.10. The van der Waals surface area contributed by atoms with Crippen molar-refractivity contribution in [1.29, 1.82) is 0 Å². The Morgan fingerprint density at radius 3 is 2.07 bits per heavy atom. The van der Waals surface area contributed by atoms with Gasteiger partial charge >= 0.3 is 11.9 Å². The molecular formula is C9H9NO5. The number of aryl methyl sites for hydroxylation is 1. The number of rotatable bonds is 3. The summed E-state index contributed by atoms with van der Waals surface area (Å²) in [5.74, 6) is -3.27. The molecule has 80 valence electrons.